The SMILES string of the molecule is CNC[C@@H](NC(=O)N1CCC[C@@H]([C@@H](OCCNC(=O)OC)c2cc(F)cc(F)c2)C1)[C@@H](O)C1CCCCC1. The van der Waals surface area contributed by atoms with Gasteiger partial charge in [-0.25, -0.2) is 18.4 Å². The highest BCUT2D eigenvalue weighted by Gasteiger charge is 2.34. The molecule has 4 atom stereocenters. The topological polar surface area (TPSA) is 112 Å². The van der Waals surface area contributed by atoms with Crippen LogP contribution < -0.4 is 16.0 Å². The van der Waals surface area contributed by atoms with E-state index in [1.807, 2.05) is 0 Å². The van der Waals surface area contributed by atoms with E-state index in [0.717, 1.165) is 31.7 Å². The van der Waals surface area contributed by atoms with Crippen molar-refractivity contribution in [2.45, 2.75) is 63.2 Å². The fourth-order valence-corrected chi connectivity index (χ4v) is 5.63. The van der Waals surface area contributed by atoms with Crippen LogP contribution in [0.25, 0.3) is 0 Å². The Bertz CT molecular complexity index is 882. The van der Waals surface area contributed by atoms with Crippen molar-refractivity contribution in [1.82, 2.24) is 20.9 Å². The molecule has 38 heavy (non-hydrogen) atoms. The van der Waals surface area contributed by atoms with Gasteiger partial charge in [0.15, 0.2) is 0 Å². The minimum atomic E-state index is -0.710. The predicted molar refractivity (Wildman–Crippen MR) is 139 cm³/mol. The van der Waals surface area contributed by atoms with Gasteiger partial charge in [0, 0.05) is 38.2 Å². The molecule has 4 N–H and O–H groups in total. The predicted octanol–water partition coefficient (Wildman–Crippen LogP) is 3.33. The number of aliphatic hydroxyl groups excluding tert-OH is 1. The van der Waals surface area contributed by atoms with Gasteiger partial charge in [-0.15, -0.1) is 0 Å². The zero-order valence-electron chi connectivity index (χ0n) is 22.4. The van der Waals surface area contributed by atoms with Crippen molar-refractivity contribution in [2.75, 3.05) is 46.9 Å². The first kappa shape index (κ1) is 30.0. The Labute approximate surface area is 223 Å². The van der Waals surface area contributed by atoms with Crippen LogP contribution in [-0.2, 0) is 9.47 Å². The molecule has 1 aromatic rings. The molecule has 11 heteroatoms. The summed E-state index contributed by atoms with van der Waals surface area (Å²) in [7, 11) is 3.05. The van der Waals surface area contributed by atoms with E-state index in [-0.39, 0.29) is 31.0 Å². The van der Waals surface area contributed by atoms with Gasteiger partial charge in [0.05, 0.1) is 32.0 Å². The summed E-state index contributed by atoms with van der Waals surface area (Å²) >= 11 is 0. The maximum Gasteiger partial charge on any atom is 0.406 e. The fraction of sp³-hybridized carbons (Fsp3) is 0.704. The molecular formula is C27H42F2N4O5. The number of carbonyl (C=O) groups is 2. The third-order valence-corrected chi connectivity index (χ3v) is 7.52. The van der Waals surface area contributed by atoms with Crippen LogP contribution in [0.5, 0.6) is 0 Å². The van der Waals surface area contributed by atoms with Gasteiger partial charge in [0.25, 0.3) is 0 Å². The van der Waals surface area contributed by atoms with E-state index < -0.39 is 36.0 Å². The van der Waals surface area contributed by atoms with Crippen molar-refractivity contribution < 1.29 is 33.0 Å². The number of alkyl carbamates (subject to hydrolysis) is 1. The number of urea groups is 1. The summed E-state index contributed by atoms with van der Waals surface area (Å²) in [4.78, 5) is 26.3. The molecule has 0 bridgehead atoms. The van der Waals surface area contributed by atoms with E-state index in [0.29, 0.717) is 38.0 Å². The van der Waals surface area contributed by atoms with E-state index in [9.17, 15) is 23.5 Å². The Kier molecular flexibility index (Phi) is 12.0. The van der Waals surface area contributed by atoms with E-state index in [4.69, 9.17) is 4.74 Å². The van der Waals surface area contributed by atoms with Gasteiger partial charge in [0.1, 0.15) is 11.6 Å². The first-order chi connectivity index (χ1) is 18.3. The van der Waals surface area contributed by atoms with Gasteiger partial charge in [-0.1, -0.05) is 19.3 Å². The normalized spacial score (nSPS) is 20.9. The highest BCUT2D eigenvalue weighted by atomic mass is 19.1. The van der Waals surface area contributed by atoms with E-state index in [1.165, 1.54) is 25.7 Å². The molecule has 9 nitrogen and oxygen atoms in total. The number of rotatable bonds is 11. The van der Waals surface area contributed by atoms with Crippen LogP contribution >= 0.6 is 0 Å². The standard InChI is InChI=1S/C27H42F2N4O5/c1-30-16-23(24(34)18-7-4-3-5-8-18)32-26(35)33-11-6-9-19(17-33)25(38-12-10-31-27(36)37-2)20-13-21(28)15-22(29)14-20/h13-15,18-19,23-25,30,34H,3-12,16-17H2,1-2H3,(H,31,36)(H,32,35)/t19-,23-,24+,25-/m1/s1. The number of hydrogen-bond acceptors (Lipinski definition) is 6. The van der Waals surface area contributed by atoms with Gasteiger partial charge in [-0.2, -0.15) is 0 Å². The quantitative estimate of drug-likeness (QED) is 0.321. The summed E-state index contributed by atoms with van der Waals surface area (Å²) in [6.45, 7) is 1.55. The molecule has 3 amide bonds. The number of hydrogen-bond donors (Lipinski definition) is 4. The van der Waals surface area contributed by atoms with Crippen LogP contribution in [0.3, 0.4) is 0 Å². The van der Waals surface area contributed by atoms with Crippen LogP contribution in [0.15, 0.2) is 18.2 Å². The Hall–Kier alpha value is -2.50. The molecular weight excluding hydrogens is 498 g/mol. The monoisotopic (exact) mass is 540 g/mol. The number of ether oxygens (including phenoxy) is 2. The molecule has 0 radical (unpaired) electrons. The number of aliphatic hydroxyl groups is 1. The number of likely N-dealkylation sites (tertiary alicyclic amines) is 1. The number of amides is 3. The van der Waals surface area contributed by atoms with E-state index in [2.05, 4.69) is 20.7 Å². The molecule has 214 valence electrons. The third-order valence-electron chi connectivity index (χ3n) is 7.52. The number of halogens is 2. The average Bonchev–Trinajstić information content (AvgIpc) is 2.92. The number of carbonyl (C=O) groups excluding carboxylic acids is 2. The highest BCUT2D eigenvalue weighted by molar-refractivity contribution is 5.74. The van der Waals surface area contributed by atoms with E-state index in [1.54, 1.807) is 11.9 Å². The largest absolute Gasteiger partial charge is 0.453 e. The molecule has 1 aliphatic carbocycles. The zero-order chi connectivity index (χ0) is 27.5. The minimum Gasteiger partial charge on any atom is -0.453 e. The summed E-state index contributed by atoms with van der Waals surface area (Å²) < 4.78 is 38.7. The van der Waals surface area contributed by atoms with Crippen molar-refractivity contribution in [1.29, 1.82) is 0 Å². The molecule has 1 saturated heterocycles. The maximum atomic E-state index is 14.1. The summed E-state index contributed by atoms with van der Waals surface area (Å²) in [6, 6.07) is 2.58. The van der Waals surface area contributed by atoms with Gasteiger partial charge in [0.2, 0.25) is 0 Å². The van der Waals surface area contributed by atoms with Gasteiger partial charge < -0.3 is 35.4 Å². The van der Waals surface area contributed by atoms with E-state index >= 15 is 0 Å². The molecule has 1 aliphatic heterocycles. The number of methoxy groups -OCH3 is 1. The van der Waals surface area contributed by atoms with Crippen molar-refractivity contribution in [2.24, 2.45) is 11.8 Å². The van der Waals surface area contributed by atoms with Crippen LogP contribution in [0.1, 0.15) is 56.6 Å². The number of benzene rings is 1. The smallest absolute Gasteiger partial charge is 0.406 e. The Morgan fingerprint density at radius 3 is 2.42 bits per heavy atom. The highest BCUT2D eigenvalue weighted by Crippen LogP contribution is 2.34. The average molecular weight is 541 g/mol. The molecule has 0 unspecified atom stereocenters. The molecule has 2 aliphatic rings. The number of piperidine rings is 1. The summed E-state index contributed by atoms with van der Waals surface area (Å²) in [6.07, 6.45) is 4.73. The van der Waals surface area contributed by atoms with Gasteiger partial charge >= 0.3 is 12.1 Å². The number of nitrogens with one attached hydrogen (secondary N) is 3. The van der Waals surface area contributed by atoms with Gasteiger partial charge in [-0.05, 0) is 56.3 Å². The van der Waals surface area contributed by atoms with Crippen LogP contribution in [0.4, 0.5) is 18.4 Å². The van der Waals surface area contributed by atoms with Crippen LogP contribution in [0.2, 0.25) is 0 Å². The van der Waals surface area contributed by atoms with Crippen molar-refractivity contribution in [3.8, 4) is 0 Å². The first-order valence-corrected chi connectivity index (χ1v) is 13.6. The van der Waals surface area contributed by atoms with Crippen LogP contribution in [0, 0.1) is 23.5 Å². The Morgan fingerprint density at radius 2 is 1.76 bits per heavy atom. The van der Waals surface area contributed by atoms with Crippen LogP contribution in [-0.4, -0.2) is 81.2 Å². The van der Waals surface area contributed by atoms with Crippen molar-refractivity contribution >= 4 is 12.1 Å². The second-order valence-corrected chi connectivity index (χ2v) is 10.3. The second-order valence-electron chi connectivity index (χ2n) is 10.3. The molecule has 1 saturated carbocycles. The summed E-state index contributed by atoms with van der Waals surface area (Å²) in [5.41, 5.74) is 0.341. The van der Waals surface area contributed by atoms with Crippen molar-refractivity contribution in [3.05, 3.63) is 35.4 Å². The lowest BCUT2D eigenvalue weighted by Crippen LogP contribution is -2.56. The second kappa shape index (κ2) is 15.2. The summed E-state index contributed by atoms with van der Waals surface area (Å²) in [5, 5.41) is 19.7. The Morgan fingerprint density at radius 1 is 1.08 bits per heavy atom. The third kappa shape index (κ3) is 8.78. The van der Waals surface area contributed by atoms with Crippen molar-refractivity contribution in [3.63, 3.8) is 0 Å². The summed E-state index contributed by atoms with van der Waals surface area (Å²) in [5.74, 6) is -1.48. The molecule has 0 aromatic heterocycles. The fourth-order valence-electron chi connectivity index (χ4n) is 5.63. The lowest BCUT2D eigenvalue weighted by molar-refractivity contribution is -0.00970. The molecule has 1 heterocycles. The molecule has 2 fully saturated rings. The lowest BCUT2D eigenvalue weighted by atomic mass is 9.82. The lowest BCUT2D eigenvalue weighted by Gasteiger charge is -2.39. The Balaban J connectivity index is 1.68. The minimum absolute atomic E-state index is 0.0957. The van der Waals surface area contributed by atoms with Gasteiger partial charge in [-0.3, -0.25) is 0 Å². The maximum absolute atomic E-state index is 14.1. The zero-order valence-corrected chi connectivity index (χ0v) is 22.4. The molecule has 1 aromatic carbocycles. The molecule has 3 rings (SSSR count). The molecule has 0 spiro atoms. The number of likely N-dealkylation sites (N-methyl/N-ethyl adjacent to an activating group) is 1. The first-order valence-electron chi connectivity index (χ1n) is 13.6. The number of nitrogens with zero attached hydrogens (tertiary/aromatic N) is 1.